The van der Waals surface area contributed by atoms with E-state index in [2.05, 4.69) is 24.5 Å². The molecule has 0 aliphatic rings. The first-order valence-electron chi connectivity index (χ1n) is 10.5. The van der Waals surface area contributed by atoms with Gasteiger partial charge in [0.25, 0.3) is 11.8 Å². The highest BCUT2D eigenvalue weighted by Crippen LogP contribution is 2.20. The first kappa shape index (κ1) is 23.9. The van der Waals surface area contributed by atoms with Crippen LogP contribution in [0.1, 0.15) is 56.0 Å². The van der Waals surface area contributed by atoms with Gasteiger partial charge in [0.15, 0.2) is 6.10 Å². The zero-order chi connectivity index (χ0) is 22.8. The van der Waals surface area contributed by atoms with Crippen LogP contribution in [0.4, 0.5) is 5.69 Å². The summed E-state index contributed by atoms with van der Waals surface area (Å²) in [5.41, 5.74) is 2.14. The second-order valence-corrected chi connectivity index (χ2v) is 7.16. The molecule has 0 aliphatic carbocycles. The van der Waals surface area contributed by atoms with E-state index in [1.807, 2.05) is 31.2 Å². The fourth-order valence-electron chi connectivity index (χ4n) is 2.85. The summed E-state index contributed by atoms with van der Waals surface area (Å²) in [6.45, 7) is 7.62. The van der Waals surface area contributed by atoms with Gasteiger partial charge in [-0.25, -0.2) is 0 Å². The number of anilines is 1. The SMILES string of the molecule is CCOc1ccccc1C(=O)NCC(=O)O[C@H](C)C(=O)Nc1ccc([C@@H](C)CC)cc1. The van der Waals surface area contributed by atoms with Crippen molar-refractivity contribution in [2.24, 2.45) is 0 Å². The highest BCUT2D eigenvalue weighted by molar-refractivity contribution is 5.99. The number of hydrogen-bond donors (Lipinski definition) is 2. The van der Waals surface area contributed by atoms with Crippen molar-refractivity contribution in [3.8, 4) is 5.75 Å². The molecule has 0 saturated carbocycles. The van der Waals surface area contributed by atoms with Crippen molar-refractivity contribution in [3.05, 3.63) is 59.7 Å². The number of ether oxygens (including phenoxy) is 2. The lowest BCUT2D eigenvalue weighted by Crippen LogP contribution is -2.36. The van der Waals surface area contributed by atoms with E-state index in [1.165, 1.54) is 12.5 Å². The first-order chi connectivity index (χ1) is 14.8. The van der Waals surface area contributed by atoms with Crippen molar-refractivity contribution >= 4 is 23.5 Å². The Bertz CT molecular complexity index is 895. The Kier molecular flexibility index (Phi) is 9.06. The van der Waals surface area contributed by atoms with Crippen molar-refractivity contribution in [1.82, 2.24) is 5.32 Å². The smallest absolute Gasteiger partial charge is 0.326 e. The topological polar surface area (TPSA) is 93.7 Å². The largest absolute Gasteiger partial charge is 0.493 e. The summed E-state index contributed by atoms with van der Waals surface area (Å²) >= 11 is 0. The Morgan fingerprint density at radius 1 is 0.968 bits per heavy atom. The first-order valence-corrected chi connectivity index (χ1v) is 10.5. The molecule has 7 nitrogen and oxygen atoms in total. The minimum Gasteiger partial charge on any atom is -0.493 e. The maximum absolute atomic E-state index is 12.3. The van der Waals surface area contributed by atoms with Crippen LogP contribution in [0.5, 0.6) is 5.75 Å². The second-order valence-electron chi connectivity index (χ2n) is 7.16. The quantitative estimate of drug-likeness (QED) is 0.562. The lowest BCUT2D eigenvalue weighted by Gasteiger charge is -2.15. The van der Waals surface area contributed by atoms with E-state index in [1.54, 1.807) is 24.3 Å². The number of para-hydroxylation sites is 1. The van der Waals surface area contributed by atoms with Gasteiger partial charge in [-0.05, 0) is 56.0 Å². The normalized spacial score (nSPS) is 12.4. The highest BCUT2D eigenvalue weighted by atomic mass is 16.5. The molecule has 0 spiro atoms. The number of nitrogens with one attached hydrogen (secondary N) is 2. The van der Waals surface area contributed by atoms with Gasteiger partial charge in [-0.2, -0.15) is 0 Å². The number of carbonyl (C=O) groups excluding carboxylic acids is 3. The average molecular weight is 427 g/mol. The Morgan fingerprint density at radius 3 is 2.29 bits per heavy atom. The standard InChI is InChI=1S/C24H30N2O5/c1-5-16(3)18-11-13-19(14-12-18)26-23(28)17(4)31-22(27)15-25-24(29)20-9-7-8-10-21(20)30-6-2/h7-14,16-17H,5-6,15H2,1-4H3,(H,25,29)(H,26,28)/t16-,17+/m0/s1. The van der Waals surface area contributed by atoms with Gasteiger partial charge in [0.05, 0.1) is 12.2 Å². The van der Waals surface area contributed by atoms with Crippen molar-refractivity contribution < 1.29 is 23.9 Å². The summed E-state index contributed by atoms with van der Waals surface area (Å²) in [6.07, 6.45) is 0.0289. The molecule has 2 atom stereocenters. The Labute approximate surface area is 183 Å². The monoisotopic (exact) mass is 426 g/mol. The van der Waals surface area contributed by atoms with Gasteiger partial charge in [0, 0.05) is 5.69 Å². The number of amides is 2. The average Bonchev–Trinajstić information content (AvgIpc) is 2.78. The lowest BCUT2D eigenvalue weighted by atomic mass is 9.99. The van der Waals surface area contributed by atoms with Gasteiger partial charge in [-0.1, -0.05) is 38.1 Å². The van der Waals surface area contributed by atoms with Crippen LogP contribution >= 0.6 is 0 Å². The third-order valence-electron chi connectivity index (χ3n) is 4.86. The van der Waals surface area contributed by atoms with Crippen molar-refractivity contribution in [1.29, 1.82) is 0 Å². The molecule has 0 aliphatic heterocycles. The molecule has 0 heterocycles. The zero-order valence-corrected chi connectivity index (χ0v) is 18.4. The summed E-state index contributed by atoms with van der Waals surface area (Å²) in [6, 6.07) is 14.3. The fraction of sp³-hybridized carbons (Fsp3) is 0.375. The Morgan fingerprint density at radius 2 is 1.65 bits per heavy atom. The summed E-state index contributed by atoms with van der Waals surface area (Å²) in [5.74, 6) is -0.738. The molecule has 0 bridgehead atoms. The molecule has 0 fully saturated rings. The predicted molar refractivity (Wildman–Crippen MR) is 119 cm³/mol. The van der Waals surface area contributed by atoms with E-state index in [4.69, 9.17) is 9.47 Å². The molecule has 31 heavy (non-hydrogen) atoms. The van der Waals surface area contributed by atoms with Crippen LogP contribution in [-0.4, -0.2) is 37.0 Å². The Hall–Kier alpha value is -3.35. The van der Waals surface area contributed by atoms with Crippen LogP contribution in [0.25, 0.3) is 0 Å². The molecular weight excluding hydrogens is 396 g/mol. The predicted octanol–water partition coefficient (Wildman–Crippen LogP) is 3.90. The molecule has 2 N–H and O–H groups in total. The molecule has 2 aromatic carbocycles. The summed E-state index contributed by atoms with van der Waals surface area (Å²) < 4.78 is 10.5. The van der Waals surface area contributed by atoms with E-state index in [-0.39, 0.29) is 6.54 Å². The number of rotatable bonds is 10. The lowest BCUT2D eigenvalue weighted by molar-refractivity contribution is -0.152. The summed E-state index contributed by atoms with van der Waals surface area (Å²) in [7, 11) is 0. The van der Waals surface area contributed by atoms with Gasteiger partial charge < -0.3 is 20.1 Å². The minimum absolute atomic E-state index is 0.323. The van der Waals surface area contributed by atoms with E-state index in [9.17, 15) is 14.4 Å². The second kappa shape index (κ2) is 11.7. The molecular formula is C24H30N2O5. The Balaban J connectivity index is 1.83. The minimum atomic E-state index is -1.01. The molecule has 2 amide bonds. The van der Waals surface area contributed by atoms with Crippen LogP contribution in [0, 0.1) is 0 Å². The molecule has 0 saturated heterocycles. The van der Waals surface area contributed by atoms with Gasteiger partial charge in [-0.3, -0.25) is 14.4 Å². The number of carbonyl (C=O) groups is 3. The highest BCUT2D eigenvalue weighted by Gasteiger charge is 2.19. The van der Waals surface area contributed by atoms with E-state index < -0.39 is 23.9 Å². The van der Waals surface area contributed by atoms with Crippen LogP contribution in [0.15, 0.2) is 48.5 Å². The van der Waals surface area contributed by atoms with Gasteiger partial charge in [0.1, 0.15) is 12.3 Å². The van der Waals surface area contributed by atoms with E-state index >= 15 is 0 Å². The third-order valence-corrected chi connectivity index (χ3v) is 4.86. The molecule has 7 heteroatoms. The molecule has 0 unspecified atom stereocenters. The van der Waals surface area contributed by atoms with Crippen molar-refractivity contribution in [3.63, 3.8) is 0 Å². The van der Waals surface area contributed by atoms with Crippen molar-refractivity contribution in [2.45, 2.75) is 46.1 Å². The molecule has 2 rings (SSSR count). The van der Waals surface area contributed by atoms with Gasteiger partial charge in [0.2, 0.25) is 0 Å². The van der Waals surface area contributed by atoms with Gasteiger partial charge in [-0.15, -0.1) is 0 Å². The summed E-state index contributed by atoms with van der Waals surface area (Å²) in [4.78, 5) is 36.7. The van der Waals surface area contributed by atoms with Crippen molar-refractivity contribution in [2.75, 3.05) is 18.5 Å². The summed E-state index contributed by atoms with van der Waals surface area (Å²) in [5, 5.41) is 5.21. The number of hydrogen-bond acceptors (Lipinski definition) is 5. The fourth-order valence-corrected chi connectivity index (χ4v) is 2.85. The maximum atomic E-state index is 12.3. The number of benzene rings is 2. The van der Waals surface area contributed by atoms with Crippen LogP contribution in [0.2, 0.25) is 0 Å². The third kappa shape index (κ3) is 7.13. The van der Waals surface area contributed by atoms with Gasteiger partial charge >= 0.3 is 5.97 Å². The van der Waals surface area contributed by atoms with E-state index in [0.717, 1.165) is 6.42 Å². The molecule has 2 aromatic rings. The molecule has 0 aromatic heterocycles. The van der Waals surface area contributed by atoms with Crippen LogP contribution in [-0.2, 0) is 14.3 Å². The molecule has 166 valence electrons. The zero-order valence-electron chi connectivity index (χ0n) is 18.4. The maximum Gasteiger partial charge on any atom is 0.326 e. The van der Waals surface area contributed by atoms with Crippen LogP contribution in [0.3, 0.4) is 0 Å². The van der Waals surface area contributed by atoms with Crippen LogP contribution < -0.4 is 15.4 Å². The molecule has 0 radical (unpaired) electrons. The van der Waals surface area contributed by atoms with E-state index in [0.29, 0.717) is 29.5 Å². The number of esters is 1.